The van der Waals surface area contributed by atoms with Crippen LogP contribution in [-0.4, -0.2) is 29.8 Å². The van der Waals surface area contributed by atoms with Gasteiger partial charge < -0.3 is 8.85 Å². The average Bonchev–Trinajstić information content (AvgIpc) is 3.00. The first-order valence-corrected chi connectivity index (χ1v) is 18.5. The predicted molar refractivity (Wildman–Crippen MR) is 167 cm³/mol. The molecule has 38 heavy (non-hydrogen) atoms. The van der Waals surface area contributed by atoms with Crippen LogP contribution in [-0.2, 0) is 8.85 Å². The highest BCUT2D eigenvalue weighted by molar-refractivity contribution is 7.01. The Labute approximate surface area is 231 Å². The standard InChI is InChI=1S/C34H42O2Si2/c1-3-5-27-35-37(31-19-11-7-12-20-31,32-21-13-8-14-22-32)29-30-38(36-28-6-4-2,33-23-15-9-16-24-33)34-25-17-10-18-26-34/h7-26H,3-6,27-30H2,1-2H3. The highest BCUT2D eigenvalue weighted by atomic mass is 28.4. The molecule has 2 nitrogen and oxygen atoms in total. The van der Waals surface area contributed by atoms with Crippen LogP contribution in [0.5, 0.6) is 0 Å². The van der Waals surface area contributed by atoms with Crippen molar-refractivity contribution in [2.45, 2.75) is 51.6 Å². The molecule has 0 bridgehead atoms. The molecule has 0 saturated heterocycles. The van der Waals surface area contributed by atoms with E-state index in [4.69, 9.17) is 8.85 Å². The van der Waals surface area contributed by atoms with Crippen LogP contribution in [0, 0.1) is 0 Å². The van der Waals surface area contributed by atoms with Crippen molar-refractivity contribution in [1.82, 2.24) is 0 Å². The largest absolute Gasteiger partial charge is 0.408 e. The zero-order valence-corrected chi connectivity index (χ0v) is 25.0. The molecule has 0 aliphatic rings. The van der Waals surface area contributed by atoms with Gasteiger partial charge in [0.1, 0.15) is 0 Å². The molecular weight excluding hydrogens is 497 g/mol. The Bertz CT molecular complexity index is 1010. The van der Waals surface area contributed by atoms with E-state index in [2.05, 4.69) is 135 Å². The lowest BCUT2D eigenvalue weighted by Crippen LogP contribution is -2.65. The SMILES string of the molecule is CCCCO[Si](CC[Si](OCCCC)(c1ccccc1)c1ccccc1)(c1ccccc1)c1ccccc1. The van der Waals surface area contributed by atoms with Gasteiger partial charge in [-0.05, 0) is 45.7 Å². The van der Waals surface area contributed by atoms with E-state index < -0.39 is 16.6 Å². The number of benzene rings is 4. The Morgan fingerprint density at radius 1 is 0.421 bits per heavy atom. The average molecular weight is 539 g/mol. The summed E-state index contributed by atoms with van der Waals surface area (Å²) >= 11 is 0. The second kappa shape index (κ2) is 14.4. The van der Waals surface area contributed by atoms with Gasteiger partial charge in [-0.3, -0.25) is 0 Å². The fourth-order valence-electron chi connectivity index (χ4n) is 5.35. The number of hydrogen-bond acceptors (Lipinski definition) is 2. The summed E-state index contributed by atoms with van der Waals surface area (Å²) in [6.07, 6.45) is 4.39. The molecule has 0 amide bonds. The van der Waals surface area contributed by atoms with E-state index in [-0.39, 0.29) is 0 Å². The summed E-state index contributed by atoms with van der Waals surface area (Å²) in [5.74, 6) is 0. The maximum atomic E-state index is 7.14. The van der Waals surface area contributed by atoms with E-state index in [9.17, 15) is 0 Å². The fraction of sp³-hybridized carbons (Fsp3) is 0.294. The summed E-state index contributed by atoms with van der Waals surface area (Å²) in [5, 5.41) is 5.39. The van der Waals surface area contributed by atoms with Gasteiger partial charge in [-0.1, -0.05) is 148 Å². The van der Waals surface area contributed by atoms with Gasteiger partial charge >= 0.3 is 0 Å². The first-order chi connectivity index (χ1) is 18.7. The molecule has 0 atom stereocenters. The van der Waals surface area contributed by atoms with Gasteiger partial charge in [-0.2, -0.15) is 0 Å². The molecule has 4 rings (SSSR count). The van der Waals surface area contributed by atoms with E-state index in [1.807, 2.05) is 0 Å². The first kappa shape index (κ1) is 28.2. The molecule has 4 aromatic carbocycles. The molecule has 0 spiro atoms. The van der Waals surface area contributed by atoms with E-state index in [1.54, 1.807) is 0 Å². The summed E-state index contributed by atoms with van der Waals surface area (Å²) in [7, 11) is -5.11. The second-order valence-corrected chi connectivity index (χ2v) is 17.2. The third kappa shape index (κ3) is 6.62. The Kier molecular flexibility index (Phi) is 10.7. The summed E-state index contributed by atoms with van der Waals surface area (Å²) in [5.41, 5.74) is 0. The quantitative estimate of drug-likeness (QED) is 0.134. The Morgan fingerprint density at radius 2 is 0.684 bits per heavy atom. The number of rotatable bonds is 15. The summed E-state index contributed by atoms with van der Waals surface area (Å²) in [6, 6.07) is 46.1. The zero-order chi connectivity index (χ0) is 26.5. The van der Waals surface area contributed by atoms with E-state index in [0.717, 1.165) is 51.0 Å². The van der Waals surface area contributed by atoms with Gasteiger partial charge in [0.25, 0.3) is 16.6 Å². The fourth-order valence-corrected chi connectivity index (χ4v) is 14.9. The number of hydrogen-bond donors (Lipinski definition) is 0. The van der Waals surface area contributed by atoms with E-state index >= 15 is 0 Å². The van der Waals surface area contributed by atoms with Gasteiger partial charge in [0, 0.05) is 13.2 Å². The molecule has 0 radical (unpaired) electrons. The highest BCUT2D eigenvalue weighted by Gasteiger charge is 2.46. The van der Waals surface area contributed by atoms with Crippen molar-refractivity contribution in [3.63, 3.8) is 0 Å². The predicted octanol–water partition coefficient (Wildman–Crippen LogP) is 6.14. The maximum Gasteiger partial charge on any atom is 0.255 e. The van der Waals surface area contributed by atoms with Crippen LogP contribution in [0.4, 0.5) is 0 Å². The Balaban J connectivity index is 1.85. The summed E-state index contributed by atoms with van der Waals surface area (Å²) in [6.45, 7) is 6.05. The molecule has 4 aromatic rings. The van der Waals surface area contributed by atoms with E-state index in [0.29, 0.717) is 0 Å². The van der Waals surface area contributed by atoms with Crippen molar-refractivity contribution >= 4 is 37.4 Å². The third-order valence-corrected chi connectivity index (χ3v) is 16.3. The third-order valence-electron chi connectivity index (χ3n) is 7.48. The van der Waals surface area contributed by atoms with Crippen LogP contribution in [0.25, 0.3) is 0 Å². The molecule has 0 fully saturated rings. The molecular formula is C34H42O2Si2. The zero-order valence-electron chi connectivity index (χ0n) is 23.0. The van der Waals surface area contributed by atoms with Crippen LogP contribution >= 0.6 is 0 Å². The molecule has 0 unspecified atom stereocenters. The molecule has 4 heteroatoms. The van der Waals surface area contributed by atoms with Crippen molar-refractivity contribution in [3.05, 3.63) is 121 Å². The van der Waals surface area contributed by atoms with E-state index in [1.165, 1.54) is 20.7 Å². The lowest BCUT2D eigenvalue weighted by molar-refractivity contribution is 0.300. The highest BCUT2D eigenvalue weighted by Crippen LogP contribution is 2.24. The topological polar surface area (TPSA) is 18.5 Å². The van der Waals surface area contributed by atoms with Crippen LogP contribution < -0.4 is 20.7 Å². The van der Waals surface area contributed by atoms with Gasteiger partial charge in [0.05, 0.1) is 0 Å². The lowest BCUT2D eigenvalue weighted by Gasteiger charge is -2.38. The normalized spacial score (nSPS) is 11.9. The molecule has 0 heterocycles. The van der Waals surface area contributed by atoms with Gasteiger partial charge in [0.15, 0.2) is 0 Å². The van der Waals surface area contributed by atoms with Crippen LogP contribution in [0.2, 0.25) is 12.1 Å². The molecule has 0 aromatic heterocycles. The van der Waals surface area contributed by atoms with Crippen LogP contribution in [0.3, 0.4) is 0 Å². The Morgan fingerprint density at radius 3 is 0.921 bits per heavy atom. The molecule has 0 N–H and O–H groups in total. The summed E-state index contributed by atoms with van der Waals surface area (Å²) in [4.78, 5) is 0. The van der Waals surface area contributed by atoms with Crippen molar-refractivity contribution in [2.24, 2.45) is 0 Å². The monoisotopic (exact) mass is 538 g/mol. The lowest BCUT2D eigenvalue weighted by atomic mass is 10.4. The van der Waals surface area contributed by atoms with Crippen LogP contribution in [0.15, 0.2) is 121 Å². The second-order valence-electron chi connectivity index (χ2n) is 10.0. The first-order valence-electron chi connectivity index (χ1n) is 14.2. The summed E-state index contributed by atoms with van der Waals surface area (Å²) < 4.78 is 14.3. The van der Waals surface area contributed by atoms with Gasteiger partial charge in [0.2, 0.25) is 0 Å². The maximum absolute atomic E-state index is 7.14. The molecule has 0 aliphatic carbocycles. The van der Waals surface area contributed by atoms with Gasteiger partial charge in [-0.25, -0.2) is 0 Å². The number of unbranched alkanes of at least 4 members (excludes halogenated alkanes) is 2. The molecule has 0 saturated carbocycles. The minimum Gasteiger partial charge on any atom is -0.408 e. The van der Waals surface area contributed by atoms with Gasteiger partial charge in [-0.15, -0.1) is 0 Å². The molecule has 198 valence electrons. The minimum absolute atomic E-state index is 0.786. The van der Waals surface area contributed by atoms with Crippen molar-refractivity contribution in [3.8, 4) is 0 Å². The van der Waals surface area contributed by atoms with Crippen molar-refractivity contribution in [1.29, 1.82) is 0 Å². The van der Waals surface area contributed by atoms with Crippen molar-refractivity contribution in [2.75, 3.05) is 13.2 Å². The molecule has 0 aliphatic heterocycles. The van der Waals surface area contributed by atoms with Crippen LogP contribution in [0.1, 0.15) is 39.5 Å². The smallest absolute Gasteiger partial charge is 0.255 e. The Hall–Kier alpha value is -2.77. The minimum atomic E-state index is -2.55. The van der Waals surface area contributed by atoms with Crippen molar-refractivity contribution < 1.29 is 8.85 Å².